The Bertz CT molecular complexity index is 834. The molecule has 2 N–H and O–H groups in total. The average molecular weight is 378 g/mol. The molecule has 3 nitrogen and oxygen atoms in total. The second kappa shape index (κ2) is 10.2. The maximum Gasteiger partial charge on any atom is 0.115 e. The first-order chi connectivity index (χ1) is 13.7. The summed E-state index contributed by atoms with van der Waals surface area (Å²) in [6, 6.07) is 14.5. The van der Waals surface area contributed by atoms with Crippen LogP contribution in [0.4, 0.5) is 0 Å². The molecule has 1 aliphatic carbocycles. The van der Waals surface area contributed by atoms with Crippen LogP contribution in [0.25, 0.3) is 11.1 Å². The van der Waals surface area contributed by atoms with Gasteiger partial charge < -0.3 is 10.2 Å². The molecule has 0 saturated carbocycles. The number of nitrogens with zero attached hydrogens (tertiary/aromatic N) is 1. The van der Waals surface area contributed by atoms with Gasteiger partial charge in [0.1, 0.15) is 5.75 Å². The van der Waals surface area contributed by atoms with E-state index in [2.05, 4.69) is 35.3 Å². The van der Waals surface area contributed by atoms with Crippen molar-refractivity contribution in [2.45, 2.75) is 51.4 Å². The van der Waals surface area contributed by atoms with Crippen molar-refractivity contribution >= 4 is 17.4 Å². The van der Waals surface area contributed by atoms with Gasteiger partial charge >= 0.3 is 0 Å². The van der Waals surface area contributed by atoms with Crippen molar-refractivity contribution in [1.82, 2.24) is 0 Å². The second-order valence-electron chi connectivity index (χ2n) is 7.55. The summed E-state index contributed by atoms with van der Waals surface area (Å²) in [5.41, 5.74) is 7.83. The van der Waals surface area contributed by atoms with Crippen LogP contribution in [-0.4, -0.2) is 30.1 Å². The Balaban J connectivity index is 1.96. The number of aliphatic hydroxyl groups is 1. The van der Waals surface area contributed by atoms with Gasteiger partial charge in [-0.25, -0.2) is 0 Å². The lowest BCUT2D eigenvalue weighted by Gasteiger charge is -2.16. The quantitative estimate of drug-likeness (QED) is 0.463. The van der Waals surface area contributed by atoms with Crippen LogP contribution < -0.4 is 0 Å². The van der Waals surface area contributed by atoms with Gasteiger partial charge in [-0.3, -0.25) is 4.99 Å². The third-order valence-corrected chi connectivity index (χ3v) is 5.52. The molecule has 0 aromatic heterocycles. The van der Waals surface area contributed by atoms with Crippen molar-refractivity contribution in [3.63, 3.8) is 0 Å². The van der Waals surface area contributed by atoms with Gasteiger partial charge in [-0.05, 0) is 84.1 Å². The van der Waals surface area contributed by atoms with Gasteiger partial charge in [-0.15, -0.1) is 0 Å². The minimum absolute atomic E-state index is 0.281. The van der Waals surface area contributed by atoms with Crippen LogP contribution in [0.15, 0.2) is 47.5 Å². The Morgan fingerprint density at radius 3 is 2.50 bits per heavy atom. The van der Waals surface area contributed by atoms with E-state index in [1.165, 1.54) is 27.8 Å². The lowest BCUT2D eigenvalue weighted by Crippen LogP contribution is -1.95. The Morgan fingerprint density at radius 2 is 1.75 bits per heavy atom. The van der Waals surface area contributed by atoms with Crippen molar-refractivity contribution in [3.8, 4) is 5.75 Å². The molecule has 0 fully saturated rings. The van der Waals surface area contributed by atoms with Crippen molar-refractivity contribution in [2.24, 2.45) is 4.99 Å². The van der Waals surface area contributed by atoms with Crippen LogP contribution in [0.3, 0.4) is 0 Å². The van der Waals surface area contributed by atoms with Crippen molar-refractivity contribution in [1.29, 1.82) is 0 Å². The van der Waals surface area contributed by atoms with Crippen molar-refractivity contribution in [3.05, 3.63) is 64.7 Å². The number of hydrogen-bond donors (Lipinski definition) is 2. The molecule has 28 heavy (non-hydrogen) atoms. The van der Waals surface area contributed by atoms with Gasteiger partial charge in [0.25, 0.3) is 0 Å². The summed E-state index contributed by atoms with van der Waals surface area (Å²) in [4.78, 5) is 4.10. The summed E-state index contributed by atoms with van der Waals surface area (Å²) >= 11 is 0. The molecular formula is C25H31NO2. The number of allylic oxidation sites excluding steroid dienone is 2. The fourth-order valence-corrected chi connectivity index (χ4v) is 4.14. The number of aliphatic imine (C=N–C) groups is 1. The molecule has 148 valence electrons. The van der Waals surface area contributed by atoms with E-state index in [9.17, 15) is 5.11 Å². The zero-order valence-corrected chi connectivity index (χ0v) is 16.8. The average Bonchev–Trinajstić information content (AvgIpc) is 2.88. The molecule has 0 amide bonds. The van der Waals surface area contributed by atoms with Crippen LogP contribution in [-0.2, 0) is 6.42 Å². The maximum atomic E-state index is 9.95. The number of aryl methyl sites for hydroxylation is 1. The number of phenols is 1. The van der Waals surface area contributed by atoms with E-state index in [0.717, 1.165) is 56.9 Å². The lowest BCUT2D eigenvalue weighted by atomic mass is 9.89. The van der Waals surface area contributed by atoms with Gasteiger partial charge in [0.15, 0.2) is 0 Å². The monoisotopic (exact) mass is 377 g/mol. The first kappa shape index (κ1) is 20.3. The van der Waals surface area contributed by atoms with Crippen molar-refractivity contribution in [2.75, 3.05) is 13.7 Å². The highest BCUT2D eigenvalue weighted by Gasteiger charge is 2.18. The fourth-order valence-electron chi connectivity index (χ4n) is 4.14. The van der Waals surface area contributed by atoms with Gasteiger partial charge in [0.05, 0.1) is 0 Å². The molecule has 3 heteroatoms. The highest BCUT2D eigenvalue weighted by molar-refractivity contribution is 5.93. The smallest absolute Gasteiger partial charge is 0.115 e. The Hall–Kier alpha value is -2.39. The number of aliphatic hydroxyl groups excluding tert-OH is 1. The third kappa shape index (κ3) is 5.11. The third-order valence-electron chi connectivity index (χ3n) is 5.52. The molecule has 0 unspecified atom stereocenters. The van der Waals surface area contributed by atoms with E-state index in [4.69, 9.17) is 5.11 Å². The molecule has 3 rings (SSSR count). The summed E-state index contributed by atoms with van der Waals surface area (Å²) in [6.07, 6.45) is 10.3. The number of fused-ring (bicyclic) bond motifs is 1. The van der Waals surface area contributed by atoms with Crippen LogP contribution >= 0.6 is 0 Å². The first-order valence-electron chi connectivity index (χ1n) is 10.4. The summed E-state index contributed by atoms with van der Waals surface area (Å²) < 4.78 is 0. The lowest BCUT2D eigenvalue weighted by molar-refractivity contribution is 0.282. The summed E-state index contributed by atoms with van der Waals surface area (Å²) in [5.74, 6) is 0.354. The SMILES string of the molecule is CN=Cc1ccc(C2=C(CCCCCCO)c3ccc(O)cc3CCC2)cc1. The topological polar surface area (TPSA) is 52.8 Å². The van der Waals surface area contributed by atoms with Crippen molar-refractivity contribution < 1.29 is 10.2 Å². The Kier molecular flexibility index (Phi) is 7.44. The zero-order valence-electron chi connectivity index (χ0n) is 16.8. The van der Waals surface area contributed by atoms with Crippen LogP contribution in [0.5, 0.6) is 5.75 Å². The molecule has 0 spiro atoms. The minimum Gasteiger partial charge on any atom is -0.508 e. The van der Waals surface area contributed by atoms with Crippen LogP contribution in [0.2, 0.25) is 0 Å². The van der Waals surface area contributed by atoms with E-state index < -0.39 is 0 Å². The van der Waals surface area contributed by atoms with E-state index in [1.807, 2.05) is 18.3 Å². The van der Waals surface area contributed by atoms with Gasteiger partial charge in [0, 0.05) is 19.9 Å². The molecule has 0 atom stereocenters. The normalized spacial score (nSPS) is 14.4. The standard InChI is InChI=1S/C25H31NO2/c1-26-18-19-10-12-20(13-11-19)23-9-6-7-21-17-22(28)14-15-24(21)25(23)8-4-2-3-5-16-27/h10-15,17-18,27-28H,2-9,16H2,1H3. The fraction of sp³-hybridized carbons (Fsp3) is 0.400. The molecule has 2 aromatic rings. The Labute approximate surface area is 168 Å². The molecule has 2 aromatic carbocycles. The molecule has 0 saturated heterocycles. The van der Waals surface area contributed by atoms with Gasteiger partial charge in [0.2, 0.25) is 0 Å². The number of phenolic OH excluding ortho intramolecular Hbond substituents is 1. The number of unbranched alkanes of at least 4 members (excludes halogenated alkanes) is 3. The molecule has 0 aliphatic heterocycles. The maximum absolute atomic E-state index is 9.95. The van der Waals surface area contributed by atoms with E-state index in [0.29, 0.717) is 5.75 Å². The zero-order chi connectivity index (χ0) is 19.8. The number of rotatable bonds is 8. The predicted molar refractivity (Wildman–Crippen MR) is 118 cm³/mol. The van der Waals surface area contributed by atoms with Gasteiger partial charge in [-0.1, -0.05) is 43.2 Å². The van der Waals surface area contributed by atoms with Gasteiger partial charge in [-0.2, -0.15) is 0 Å². The van der Waals surface area contributed by atoms with E-state index >= 15 is 0 Å². The largest absolute Gasteiger partial charge is 0.508 e. The highest BCUT2D eigenvalue weighted by Crippen LogP contribution is 2.39. The summed E-state index contributed by atoms with van der Waals surface area (Å²) in [6.45, 7) is 0.281. The van der Waals surface area contributed by atoms with Crippen LogP contribution in [0.1, 0.15) is 67.2 Å². The highest BCUT2D eigenvalue weighted by atomic mass is 16.3. The summed E-state index contributed by atoms with van der Waals surface area (Å²) in [7, 11) is 1.79. The predicted octanol–water partition coefficient (Wildman–Crippen LogP) is 5.63. The molecule has 0 heterocycles. The number of hydrogen-bond acceptors (Lipinski definition) is 3. The molecule has 1 aliphatic rings. The Morgan fingerprint density at radius 1 is 0.964 bits per heavy atom. The molecule has 0 radical (unpaired) electrons. The molecular weight excluding hydrogens is 346 g/mol. The van der Waals surface area contributed by atoms with E-state index in [-0.39, 0.29) is 6.61 Å². The summed E-state index contributed by atoms with van der Waals surface area (Å²) in [5, 5.41) is 19.0. The number of benzene rings is 2. The molecule has 0 bridgehead atoms. The number of aromatic hydroxyl groups is 1. The van der Waals surface area contributed by atoms with E-state index in [1.54, 1.807) is 7.05 Å². The first-order valence-corrected chi connectivity index (χ1v) is 10.4. The minimum atomic E-state index is 0.281. The van der Waals surface area contributed by atoms with Crippen LogP contribution in [0, 0.1) is 0 Å². The second-order valence-corrected chi connectivity index (χ2v) is 7.55.